The largest absolute Gasteiger partial charge is 0.507 e. The van der Waals surface area contributed by atoms with Crippen LogP contribution < -0.4 is 9.47 Å². The molecule has 8 heteroatoms. The summed E-state index contributed by atoms with van der Waals surface area (Å²) in [7, 11) is 3.10. The molecular formula is C18H14N2O4S2. The quantitative estimate of drug-likeness (QED) is 0.537. The highest BCUT2D eigenvalue weighted by atomic mass is 32.1. The van der Waals surface area contributed by atoms with Crippen LogP contribution in [0, 0.1) is 0 Å². The maximum Gasteiger partial charge on any atom is 0.155 e. The summed E-state index contributed by atoms with van der Waals surface area (Å²) in [6.07, 6.45) is 0. The van der Waals surface area contributed by atoms with Crippen LogP contribution in [0.4, 0.5) is 0 Å². The molecule has 2 aromatic carbocycles. The van der Waals surface area contributed by atoms with Gasteiger partial charge in [0.1, 0.15) is 33.0 Å². The Hall–Kier alpha value is -2.84. The van der Waals surface area contributed by atoms with E-state index in [0.29, 0.717) is 32.6 Å². The molecule has 0 aliphatic heterocycles. The van der Waals surface area contributed by atoms with Crippen LogP contribution in [0.3, 0.4) is 0 Å². The van der Waals surface area contributed by atoms with E-state index >= 15 is 0 Å². The van der Waals surface area contributed by atoms with Crippen molar-refractivity contribution in [1.82, 2.24) is 9.97 Å². The lowest BCUT2D eigenvalue weighted by atomic mass is 10.2. The van der Waals surface area contributed by atoms with E-state index in [1.54, 1.807) is 50.6 Å². The molecule has 132 valence electrons. The number of phenolic OH excluding ortho intramolecular Hbond substituents is 2. The summed E-state index contributed by atoms with van der Waals surface area (Å²) in [5.74, 6) is 1.39. The smallest absolute Gasteiger partial charge is 0.155 e. The Labute approximate surface area is 156 Å². The van der Waals surface area contributed by atoms with E-state index in [1.165, 1.54) is 22.7 Å². The fourth-order valence-electron chi connectivity index (χ4n) is 2.51. The van der Waals surface area contributed by atoms with E-state index in [4.69, 9.17) is 9.47 Å². The van der Waals surface area contributed by atoms with Gasteiger partial charge in [0.15, 0.2) is 9.66 Å². The summed E-state index contributed by atoms with van der Waals surface area (Å²) in [6.45, 7) is 0. The molecule has 2 heterocycles. The number of thiazole rings is 2. The average Bonchev–Trinajstić information content (AvgIpc) is 3.20. The van der Waals surface area contributed by atoms with Crippen LogP contribution in [0.25, 0.3) is 30.8 Å². The van der Waals surface area contributed by atoms with Crippen LogP contribution >= 0.6 is 22.7 Å². The van der Waals surface area contributed by atoms with Gasteiger partial charge in [-0.25, -0.2) is 9.97 Å². The van der Waals surface area contributed by atoms with Crippen LogP contribution in [-0.4, -0.2) is 34.4 Å². The predicted molar refractivity (Wildman–Crippen MR) is 103 cm³/mol. The molecule has 0 aliphatic carbocycles. The molecule has 6 nitrogen and oxygen atoms in total. The van der Waals surface area contributed by atoms with Crippen molar-refractivity contribution >= 4 is 32.3 Å². The van der Waals surface area contributed by atoms with E-state index in [0.717, 1.165) is 9.66 Å². The average molecular weight is 386 g/mol. The van der Waals surface area contributed by atoms with Gasteiger partial charge < -0.3 is 19.7 Å². The van der Waals surface area contributed by atoms with E-state index in [9.17, 15) is 10.2 Å². The lowest BCUT2D eigenvalue weighted by Gasteiger charge is -2.04. The molecule has 4 aromatic rings. The molecule has 2 aromatic heterocycles. The summed E-state index contributed by atoms with van der Waals surface area (Å²) < 4.78 is 10.2. The molecule has 0 atom stereocenters. The van der Waals surface area contributed by atoms with Crippen molar-refractivity contribution in [3.8, 4) is 44.1 Å². The SMILES string of the molecule is COc1ccc(-c2nc3sc(-c4ccc(OC)cc4O)nc3s2)c(O)c1. The number of hydrogen-bond acceptors (Lipinski definition) is 8. The molecular weight excluding hydrogens is 372 g/mol. The highest BCUT2D eigenvalue weighted by Crippen LogP contribution is 2.42. The first-order valence-corrected chi connectivity index (χ1v) is 9.24. The third-order valence-electron chi connectivity index (χ3n) is 3.85. The molecule has 2 N–H and O–H groups in total. The van der Waals surface area contributed by atoms with Crippen LogP contribution in [0.5, 0.6) is 23.0 Å². The molecule has 4 rings (SSSR count). The molecule has 0 amide bonds. The van der Waals surface area contributed by atoms with Crippen LogP contribution in [0.1, 0.15) is 0 Å². The molecule has 0 radical (unpaired) electrons. The maximum atomic E-state index is 10.2. The summed E-state index contributed by atoms with van der Waals surface area (Å²) in [5, 5.41) is 21.7. The fraction of sp³-hybridized carbons (Fsp3) is 0.111. The zero-order valence-electron chi connectivity index (χ0n) is 13.9. The number of phenols is 2. The highest BCUT2D eigenvalue weighted by molar-refractivity contribution is 7.29. The third kappa shape index (κ3) is 2.83. The van der Waals surface area contributed by atoms with Crippen LogP contribution in [0.15, 0.2) is 36.4 Å². The van der Waals surface area contributed by atoms with Gasteiger partial charge in [-0.2, -0.15) is 0 Å². The molecule has 26 heavy (non-hydrogen) atoms. The van der Waals surface area contributed by atoms with Crippen molar-refractivity contribution in [2.45, 2.75) is 0 Å². The van der Waals surface area contributed by atoms with Crippen molar-refractivity contribution in [1.29, 1.82) is 0 Å². The molecule has 0 saturated carbocycles. The second kappa shape index (κ2) is 6.47. The van der Waals surface area contributed by atoms with Gasteiger partial charge in [-0.15, -0.1) is 0 Å². The summed E-state index contributed by atoms with van der Waals surface area (Å²) in [5.41, 5.74) is 1.27. The number of ether oxygens (including phenoxy) is 2. The summed E-state index contributed by atoms with van der Waals surface area (Å²) in [4.78, 5) is 10.7. The molecule has 0 bridgehead atoms. The van der Waals surface area contributed by atoms with E-state index in [-0.39, 0.29) is 11.5 Å². The van der Waals surface area contributed by atoms with Gasteiger partial charge in [0.05, 0.1) is 25.3 Å². The Morgan fingerprint density at radius 1 is 0.731 bits per heavy atom. The first-order valence-electron chi connectivity index (χ1n) is 7.61. The van der Waals surface area contributed by atoms with Crippen molar-refractivity contribution in [2.24, 2.45) is 0 Å². The number of aromatic hydroxyl groups is 2. The van der Waals surface area contributed by atoms with Gasteiger partial charge in [-0.3, -0.25) is 0 Å². The highest BCUT2D eigenvalue weighted by Gasteiger charge is 2.17. The van der Waals surface area contributed by atoms with Gasteiger partial charge in [-0.1, -0.05) is 22.7 Å². The second-order valence-electron chi connectivity index (χ2n) is 5.41. The minimum absolute atomic E-state index is 0.110. The Bertz CT molecular complexity index is 989. The van der Waals surface area contributed by atoms with Crippen LogP contribution in [-0.2, 0) is 0 Å². The number of aromatic nitrogens is 2. The number of rotatable bonds is 4. The molecule has 0 spiro atoms. The predicted octanol–water partition coefficient (Wildman–Crippen LogP) is 4.52. The third-order valence-corrected chi connectivity index (χ3v) is 5.94. The number of nitrogens with zero attached hydrogens (tertiary/aromatic N) is 2. The van der Waals surface area contributed by atoms with Crippen molar-refractivity contribution < 1.29 is 19.7 Å². The lowest BCUT2D eigenvalue weighted by Crippen LogP contribution is -1.84. The normalized spacial score (nSPS) is 11.0. The maximum absolute atomic E-state index is 10.2. The van der Waals surface area contributed by atoms with Crippen molar-refractivity contribution in [3.63, 3.8) is 0 Å². The monoisotopic (exact) mass is 386 g/mol. The Morgan fingerprint density at radius 2 is 1.15 bits per heavy atom. The van der Waals surface area contributed by atoms with Gasteiger partial charge >= 0.3 is 0 Å². The van der Waals surface area contributed by atoms with Gasteiger partial charge in [0, 0.05) is 12.1 Å². The van der Waals surface area contributed by atoms with Gasteiger partial charge in [0.25, 0.3) is 0 Å². The number of benzene rings is 2. The van der Waals surface area contributed by atoms with E-state index in [1.807, 2.05) is 0 Å². The first-order chi connectivity index (χ1) is 12.6. The topological polar surface area (TPSA) is 84.7 Å². The summed E-state index contributed by atoms with van der Waals surface area (Å²) >= 11 is 2.78. The molecule has 0 unspecified atom stereocenters. The minimum atomic E-state index is 0.110. The minimum Gasteiger partial charge on any atom is -0.507 e. The fourth-order valence-corrected chi connectivity index (χ4v) is 4.62. The van der Waals surface area contributed by atoms with E-state index in [2.05, 4.69) is 9.97 Å². The number of methoxy groups -OCH3 is 2. The Balaban J connectivity index is 1.72. The first kappa shape index (κ1) is 16.6. The molecule has 0 aliphatic rings. The van der Waals surface area contributed by atoms with Gasteiger partial charge in [0.2, 0.25) is 0 Å². The van der Waals surface area contributed by atoms with Crippen molar-refractivity contribution in [2.75, 3.05) is 14.2 Å². The van der Waals surface area contributed by atoms with E-state index < -0.39 is 0 Å². The molecule has 0 fully saturated rings. The lowest BCUT2D eigenvalue weighted by molar-refractivity contribution is 0.408. The number of hydrogen-bond donors (Lipinski definition) is 2. The second-order valence-corrected chi connectivity index (χ2v) is 7.37. The summed E-state index contributed by atoms with van der Waals surface area (Å²) in [6, 6.07) is 10.2. The standard InChI is InChI=1S/C18H14N2O4S2/c1-23-9-3-5-11(13(21)7-9)15-19-17-18(25-15)20-16(26-17)12-6-4-10(24-2)8-14(12)22/h3-8,21-22H,1-2H3. The Morgan fingerprint density at radius 3 is 1.50 bits per heavy atom. The molecule has 0 saturated heterocycles. The zero-order chi connectivity index (χ0) is 18.3. The van der Waals surface area contributed by atoms with Crippen LogP contribution in [0.2, 0.25) is 0 Å². The zero-order valence-corrected chi connectivity index (χ0v) is 15.5. The van der Waals surface area contributed by atoms with Gasteiger partial charge in [-0.05, 0) is 24.3 Å². The Kier molecular flexibility index (Phi) is 4.14. The van der Waals surface area contributed by atoms with Crippen molar-refractivity contribution in [3.05, 3.63) is 36.4 Å². The number of fused-ring (bicyclic) bond motifs is 1.